The van der Waals surface area contributed by atoms with Crippen molar-refractivity contribution in [2.45, 2.75) is 58.2 Å². The molecular weight excluding hydrogens is 480 g/mol. The minimum atomic E-state index is -0.485. The van der Waals surface area contributed by atoms with E-state index in [1.165, 1.54) is 12.5 Å². The Balaban J connectivity index is 1.29. The van der Waals surface area contributed by atoms with Crippen LogP contribution in [0.25, 0.3) is 11.3 Å². The molecule has 0 saturated carbocycles. The van der Waals surface area contributed by atoms with Crippen LogP contribution in [0.5, 0.6) is 5.75 Å². The van der Waals surface area contributed by atoms with Crippen LogP contribution in [-0.4, -0.2) is 58.9 Å². The molecule has 8 heteroatoms. The minimum absolute atomic E-state index is 0.00702. The Hall–Kier alpha value is -3.65. The van der Waals surface area contributed by atoms with E-state index in [4.69, 9.17) is 14.6 Å². The summed E-state index contributed by atoms with van der Waals surface area (Å²) >= 11 is 0. The first-order valence-electron chi connectivity index (χ1n) is 13.1. The van der Waals surface area contributed by atoms with Gasteiger partial charge >= 0.3 is 6.09 Å². The van der Waals surface area contributed by atoms with Gasteiger partial charge in [0.25, 0.3) is 0 Å². The number of anilines is 1. The van der Waals surface area contributed by atoms with Crippen molar-refractivity contribution in [1.82, 2.24) is 14.7 Å². The van der Waals surface area contributed by atoms with E-state index in [1.54, 1.807) is 24.1 Å². The third-order valence-electron chi connectivity index (χ3n) is 7.56. The highest BCUT2D eigenvalue weighted by atomic mass is 16.6. The standard InChI is InChI=1S/C30H36N4O4/c1-21(35)22-6-10-25(11-7-22)33-20-30(38-28(33)36)14-16-32(17-15-30)18-24-19-34(29(2,3)4)31-27(24)23-8-12-26(37-5)13-9-23/h6-13,19H,14-18,20H2,1-5H3. The number of carbonyl (C=O) groups excluding carboxylic acids is 2. The van der Waals surface area contributed by atoms with Gasteiger partial charge in [-0.2, -0.15) is 5.10 Å². The Labute approximate surface area is 224 Å². The number of carbonyl (C=O) groups is 2. The van der Waals surface area contributed by atoms with Crippen LogP contribution < -0.4 is 9.64 Å². The predicted octanol–water partition coefficient (Wildman–Crippen LogP) is 5.51. The van der Waals surface area contributed by atoms with Crippen LogP contribution in [0.2, 0.25) is 0 Å². The number of ether oxygens (including phenoxy) is 2. The maximum Gasteiger partial charge on any atom is 0.415 e. The zero-order valence-electron chi connectivity index (χ0n) is 22.9. The number of rotatable bonds is 6. The molecule has 0 aliphatic carbocycles. The smallest absolute Gasteiger partial charge is 0.415 e. The molecule has 0 atom stereocenters. The van der Waals surface area contributed by atoms with Crippen molar-refractivity contribution in [3.8, 4) is 17.0 Å². The van der Waals surface area contributed by atoms with Gasteiger partial charge in [-0.05, 0) is 76.2 Å². The minimum Gasteiger partial charge on any atom is -0.497 e. The number of likely N-dealkylation sites (tertiary alicyclic amines) is 1. The Bertz CT molecular complexity index is 1310. The van der Waals surface area contributed by atoms with E-state index in [-0.39, 0.29) is 17.4 Å². The fraction of sp³-hybridized carbons (Fsp3) is 0.433. The highest BCUT2D eigenvalue weighted by molar-refractivity contribution is 5.95. The molecule has 2 fully saturated rings. The second-order valence-electron chi connectivity index (χ2n) is 11.4. The number of benzene rings is 2. The second-order valence-corrected chi connectivity index (χ2v) is 11.4. The maximum atomic E-state index is 12.8. The molecule has 2 aromatic carbocycles. The van der Waals surface area contributed by atoms with Crippen LogP contribution in [0.3, 0.4) is 0 Å². The molecule has 3 heterocycles. The molecule has 0 N–H and O–H groups in total. The predicted molar refractivity (Wildman–Crippen MR) is 147 cm³/mol. The van der Waals surface area contributed by atoms with Gasteiger partial charge in [-0.15, -0.1) is 0 Å². The molecule has 2 aliphatic heterocycles. The van der Waals surface area contributed by atoms with Gasteiger partial charge in [0.05, 0.1) is 24.9 Å². The lowest BCUT2D eigenvalue weighted by Crippen LogP contribution is -2.46. The van der Waals surface area contributed by atoms with Crippen LogP contribution >= 0.6 is 0 Å². The molecule has 5 rings (SSSR count). The molecule has 1 spiro atoms. The molecule has 1 aromatic heterocycles. The van der Waals surface area contributed by atoms with Gasteiger partial charge < -0.3 is 9.47 Å². The molecule has 0 bridgehead atoms. The lowest BCUT2D eigenvalue weighted by molar-refractivity contribution is -0.000947. The van der Waals surface area contributed by atoms with E-state index in [2.05, 4.69) is 44.0 Å². The summed E-state index contributed by atoms with van der Waals surface area (Å²) in [4.78, 5) is 28.5. The summed E-state index contributed by atoms with van der Waals surface area (Å²) in [5.74, 6) is 0.828. The molecule has 200 valence electrons. The average Bonchev–Trinajstić information content (AvgIpc) is 3.47. The van der Waals surface area contributed by atoms with E-state index in [9.17, 15) is 9.59 Å². The average molecular weight is 517 g/mol. The number of methoxy groups -OCH3 is 1. The summed E-state index contributed by atoms with van der Waals surface area (Å²) in [5.41, 5.74) is 4.00. The van der Waals surface area contributed by atoms with E-state index in [0.29, 0.717) is 12.1 Å². The van der Waals surface area contributed by atoms with Crippen molar-refractivity contribution in [2.24, 2.45) is 0 Å². The Morgan fingerprint density at radius 3 is 2.29 bits per heavy atom. The quantitative estimate of drug-likeness (QED) is 0.402. The van der Waals surface area contributed by atoms with Crippen LogP contribution in [0.15, 0.2) is 54.7 Å². The van der Waals surface area contributed by atoms with Crippen molar-refractivity contribution in [3.63, 3.8) is 0 Å². The third kappa shape index (κ3) is 5.18. The first-order chi connectivity index (χ1) is 18.1. The monoisotopic (exact) mass is 516 g/mol. The van der Waals surface area contributed by atoms with Gasteiger partial charge in [0.1, 0.15) is 11.4 Å². The topological polar surface area (TPSA) is 76.9 Å². The summed E-state index contributed by atoms with van der Waals surface area (Å²) in [7, 11) is 1.67. The molecule has 38 heavy (non-hydrogen) atoms. The van der Waals surface area contributed by atoms with Gasteiger partial charge in [-0.1, -0.05) is 0 Å². The molecule has 3 aromatic rings. The lowest BCUT2D eigenvalue weighted by atomic mass is 9.91. The van der Waals surface area contributed by atoms with Crippen LogP contribution in [-0.2, 0) is 16.8 Å². The van der Waals surface area contributed by atoms with E-state index < -0.39 is 5.60 Å². The van der Waals surface area contributed by atoms with Gasteiger partial charge in [-0.3, -0.25) is 19.3 Å². The van der Waals surface area contributed by atoms with Crippen LogP contribution in [0, 0.1) is 0 Å². The first kappa shape index (κ1) is 26.0. The van der Waals surface area contributed by atoms with Gasteiger partial charge in [-0.25, -0.2) is 4.79 Å². The molecule has 2 saturated heterocycles. The number of hydrogen-bond donors (Lipinski definition) is 0. The van der Waals surface area contributed by atoms with Gasteiger partial charge in [0.15, 0.2) is 5.78 Å². The first-order valence-corrected chi connectivity index (χ1v) is 13.1. The van der Waals surface area contributed by atoms with Gasteiger partial charge in [0, 0.05) is 61.1 Å². The number of piperidine rings is 1. The number of aromatic nitrogens is 2. The normalized spacial score (nSPS) is 17.6. The van der Waals surface area contributed by atoms with E-state index in [1.807, 2.05) is 28.9 Å². The second kappa shape index (κ2) is 9.91. The zero-order chi connectivity index (χ0) is 27.1. The molecular formula is C30H36N4O4. The van der Waals surface area contributed by atoms with Crippen LogP contribution in [0.1, 0.15) is 56.5 Å². The van der Waals surface area contributed by atoms with Crippen molar-refractivity contribution in [1.29, 1.82) is 0 Å². The molecule has 1 amide bonds. The number of nitrogens with zero attached hydrogens (tertiary/aromatic N) is 4. The largest absolute Gasteiger partial charge is 0.497 e. The van der Waals surface area contributed by atoms with Crippen molar-refractivity contribution >= 4 is 17.6 Å². The number of hydrogen-bond acceptors (Lipinski definition) is 6. The third-order valence-corrected chi connectivity index (χ3v) is 7.56. The Kier molecular flexibility index (Phi) is 6.77. The Morgan fingerprint density at radius 2 is 1.71 bits per heavy atom. The number of ketones is 1. The Morgan fingerprint density at radius 1 is 1.05 bits per heavy atom. The molecule has 0 radical (unpaired) electrons. The van der Waals surface area contributed by atoms with E-state index >= 15 is 0 Å². The molecule has 2 aliphatic rings. The van der Waals surface area contributed by atoms with Crippen molar-refractivity contribution < 1.29 is 19.1 Å². The van der Waals surface area contributed by atoms with Crippen molar-refractivity contribution in [2.75, 3.05) is 31.6 Å². The number of amides is 1. The fourth-order valence-corrected chi connectivity index (χ4v) is 5.18. The number of Topliss-reactive ketones (excluding diaryl/α,β-unsaturated/α-hetero) is 1. The van der Waals surface area contributed by atoms with Crippen molar-refractivity contribution in [3.05, 3.63) is 65.9 Å². The molecule has 0 unspecified atom stereocenters. The highest BCUT2D eigenvalue weighted by Crippen LogP contribution is 2.37. The summed E-state index contributed by atoms with van der Waals surface area (Å²) < 4.78 is 13.3. The summed E-state index contributed by atoms with van der Waals surface area (Å²) in [6, 6.07) is 15.2. The van der Waals surface area contributed by atoms with Crippen LogP contribution in [0.4, 0.5) is 10.5 Å². The van der Waals surface area contributed by atoms with Gasteiger partial charge in [0.2, 0.25) is 0 Å². The highest BCUT2D eigenvalue weighted by Gasteiger charge is 2.47. The maximum absolute atomic E-state index is 12.8. The van der Waals surface area contributed by atoms with E-state index in [0.717, 1.165) is 55.2 Å². The lowest BCUT2D eigenvalue weighted by Gasteiger charge is -2.37. The summed E-state index contributed by atoms with van der Waals surface area (Å²) in [5, 5.41) is 4.97. The zero-order valence-corrected chi connectivity index (χ0v) is 22.9. The molecule has 8 nitrogen and oxygen atoms in total. The SMILES string of the molecule is COc1ccc(-c2nn(C(C)(C)C)cc2CN2CCC3(CC2)CN(c2ccc(C(C)=O)cc2)C(=O)O3)cc1. The summed E-state index contributed by atoms with van der Waals surface area (Å²) in [6.45, 7) is 11.0. The fourth-order valence-electron chi connectivity index (χ4n) is 5.18. The summed E-state index contributed by atoms with van der Waals surface area (Å²) in [6.07, 6.45) is 3.38.